The van der Waals surface area contributed by atoms with Crippen molar-refractivity contribution in [3.63, 3.8) is 0 Å². The molecule has 1 aromatic heterocycles. The summed E-state index contributed by atoms with van der Waals surface area (Å²) in [4.78, 5) is 1.68. The van der Waals surface area contributed by atoms with Crippen LogP contribution in [0, 0.1) is 11.5 Å². The summed E-state index contributed by atoms with van der Waals surface area (Å²) in [6.45, 7) is 1.12. The summed E-state index contributed by atoms with van der Waals surface area (Å²) in [7, 11) is 0. The van der Waals surface area contributed by atoms with Gasteiger partial charge in [-0.2, -0.15) is 10.4 Å². The van der Waals surface area contributed by atoms with Crippen molar-refractivity contribution in [3.8, 4) is 17.5 Å². The molecule has 0 saturated heterocycles. The van der Waals surface area contributed by atoms with Gasteiger partial charge in [-0.05, 0) is 24.5 Å². The van der Waals surface area contributed by atoms with Crippen molar-refractivity contribution in [2.75, 3.05) is 0 Å². The highest BCUT2D eigenvalue weighted by atomic mass is 32.2. The van der Waals surface area contributed by atoms with Crippen LogP contribution in [-0.2, 0) is 29.9 Å². The fraction of sp³-hybridized carbons (Fsp3) is 0.333. The van der Waals surface area contributed by atoms with E-state index in [1.54, 1.807) is 4.90 Å². The van der Waals surface area contributed by atoms with Crippen LogP contribution in [0.1, 0.15) is 29.7 Å². The molecular formula is C15H15N5O2S. The van der Waals surface area contributed by atoms with E-state index >= 15 is 0 Å². The molecule has 1 aromatic carbocycles. The summed E-state index contributed by atoms with van der Waals surface area (Å²) in [6.07, 6.45) is 3.83. The van der Waals surface area contributed by atoms with Crippen molar-refractivity contribution >= 4 is 11.3 Å². The van der Waals surface area contributed by atoms with Gasteiger partial charge in [0.15, 0.2) is 6.19 Å². The van der Waals surface area contributed by atoms with Gasteiger partial charge in [0.1, 0.15) is 0 Å². The molecule has 4 rings (SSSR count). The fourth-order valence-corrected chi connectivity index (χ4v) is 3.81. The maximum absolute atomic E-state index is 11.1. The lowest BCUT2D eigenvalue weighted by atomic mass is 9.99. The highest BCUT2D eigenvalue weighted by Gasteiger charge is 2.45. The van der Waals surface area contributed by atoms with E-state index in [1.807, 2.05) is 24.3 Å². The minimum absolute atomic E-state index is 0.409. The molecule has 118 valence electrons. The molecule has 2 aromatic rings. The number of hydrogen-bond acceptors (Lipinski definition) is 4. The highest BCUT2D eigenvalue weighted by Crippen LogP contribution is 2.46. The van der Waals surface area contributed by atoms with Gasteiger partial charge in [-0.25, -0.2) is 8.93 Å². The Labute approximate surface area is 135 Å². The van der Waals surface area contributed by atoms with Crippen LogP contribution < -0.4 is 4.72 Å². The van der Waals surface area contributed by atoms with E-state index in [-0.39, 0.29) is 0 Å². The molecular weight excluding hydrogens is 314 g/mol. The SMILES string of the molecule is N#CN1Cc2[nH]nc(-c3cccc(C4(NS(=O)O)CC4)c3)c2C1. The molecule has 0 radical (unpaired) electrons. The van der Waals surface area contributed by atoms with E-state index in [9.17, 15) is 4.21 Å². The zero-order valence-electron chi connectivity index (χ0n) is 12.2. The van der Waals surface area contributed by atoms with Gasteiger partial charge >= 0.3 is 0 Å². The monoisotopic (exact) mass is 329 g/mol. The summed E-state index contributed by atoms with van der Waals surface area (Å²) in [6, 6.07) is 7.88. The van der Waals surface area contributed by atoms with Gasteiger partial charge in [0.2, 0.25) is 11.3 Å². The summed E-state index contributed by atoms with van der Waals surface area (Å²) >= 11 is -2.04. The number of aromatic nitrogens is 2. The zero-order chi connectivity index (χ0) is 16.0. The predicted octanol–water partition coefficient (Wildman–Crippen LogP) is 1.59. The van der Waals surface area contributed by atoms with Crippen LogP contribution in [-0.4, -0.2) is 23.9 Å². The van der Waals surface area contributed by atoms with Gasteiger partial charge in [-0.15, -0.1) is 0 Å². The Balaban J connectivity index is 1.69. The molecule has 7 nitrogen and oxygen atoms in total. The number of hydrogen-bond donors (Lipinski definition) is 3. The highest BCUT2D eigenvalue weighted by molar-refractivity contribution is 7.77. The largest absolute Gasteiger partial charge is 0.300 e. The third-order valence-electron chi connectivity index (χ3n) is 4.51. The van der Waals surface area contributed by atoms with Crippen LogP contribution in [0.2, 0.25) is 0 Å². The maximum Gasteiger partial charge on any atom is 0.232 e. The van der Waals surface area contributed by atoms with E-state index in [0.717, 1.165) is 40.9 Å². The van der Waals surface area contributed by atoms with E-state index in [2.05, 4.69) is 21.1 Å². The Morgan fingerprint density at radius 3 is 2.96 bits per heavy atom. The second-order valence-corrected chi connectivity index (χ2v) is 6.70. The van der Waals surface area contributed by atoms with Crippen LogP contribution >= 0.6 is 0 Å². The zero-order valence-corrected chi connectivity index (χ0v) is 13.1. The molecule has 3 N–H and O–H groups in total. The lowest BCUT2D eigenvalue weighted by molar-refractivity contribution is 0.412. The van der Waals surface area contributed by atoms with E-state index < -0.39 is 16.8 Å². The Morgan fingerprint density at radius 1 is 1.43 bits per heavy atom. The number of aromatic amines is 1. The molecule has 1 atom stereocenters. The number of rotatable bonds is 4. The maximum atomic E-state index is 11.1. The molecule has 1 saturated carbocycles. The van der Waals surface area contributed by atoms with E-state index in [1.165, 1.54) is 0 Å². The topological polar surface area (TPSA) is 105 Å². The Bertz CT molecular complexity index is 837. The van der Waals surface area contributed by atoms with E-state index in [4.69, 9.17) is 9.81 Å². The fourth-order valence-electron chi connectivity index (χ4n) is 3.16. The number of benzene rings is 1. The number of nitrogens with zero attached hydrogens (tertiary/aromatic N) is 3. The van der Waals surface area contributed by atoms with Crippen molar-refractivity contribution < 1.29 is 8.76 Å². The first-order valence-electron chi connectivity index (χ1n) is 7.32. The average Bonchev–Trinajstić information content (AvgIpc) is 3.03. The first-order chi connectivity index (χ1) is 11.1. The Kier molecular flexibility index (Phi) is 3.23. The predicted molar refractivity (Wildman–Crippen MR) is 83.7 cm³/mol. The third kappa shape index (κ3) is 2.43. The van der Waals surface area contributed by atoms with Crippen LogP contribution in [0.5, 0.6) is 0 Å². The quantitative estimate of drug-likeness (QED) is 0.583. The minimum atomic E-state index is -2.04. The summed E-state index contributed by atoms with van der Waals surface area (Å²) in [5.74, 6) is 0. The molecule has 1 unspecified atom stereocenters. The summed E-state index contributed by atoms with van der Waals surface area (Å²) in [5, 5.41) is 16.4. The normalized spacial score (nSPS) is 19.2. The minimum Gasteiger partial charge on any atom is -0.300 e. The molecule has 1 aliphatic heterocycles. The molecule has 2 heterocycles. The summed E-state index contributed by atoms with van der Waals surface area (Å²) < 4.78 is 23.0. The molecule has 0 bridgehead atoms. The van der Waals surface area contributed by atoms with Crippen molar-refractivity contribution in [2.45, 2.75) is 31.5 Å². The van der Waals surface area contributed by atoms with Crippen LogP contribution in [0.25, 0.3) is 11.3 Å². The lowest BCUT2D eigenvalue weighted by Gasteiger charge is -2.16. The van der Waals surface area contributed by atoms with Gasteiger partial charge in [0, 0.05) is 11.1 Å². The number of H-pyrrole nitrogens is 1. The third-order valence-corrected chi connectivity index (χ3v) is 5.08. The second kappa shape index (κ2) is 5.16. The smallest absolute Gasteiger partial charge is 0.232 e. The molecule has 1 aliphatic carbocycles. The van der Waals surface area contributed by atoms with Crippen molar-refractivity contribution in [3.05, 3.63) is 41.1 Å². The number of nitrogens with one attached hydrogen (secondary N) is 2. The summed E-state index contributed by atoms with van der Waals surface area (Å²) in [5.41, 5.74) is 4.41. The van der Waals surface area contributed by atoms with Crippen molar-refractivity contribution in [1.29, 1.82) is 5.26 Å². The second-order valence-electron chi connectivity index (χ2n) is 6.00. The number of fused-ring (bicyclic) bond motifs is 1. The van der Waals surface area contributed by atoms with Crippen LogP contribution in [0.4, 0.5) is 0 Å². The first kappa shape index (κ1) is 14.4. The standard InChI is InChI=1S/C15H15N5O2S/c16-9-20-7-12-13(8-20)17-18-14(12)10-2-1-3-11(6-10)15(4-5-15)19-23(21)22/h1-3,6,19H,4-5,7-8H2,(H,17,18)(H,21,22). The average molecular weight is 329 g/mol. The Hall–Kier alpha value is -2.21. The van der Waals surface area contributed by atoms with E-state index in [0.29, 0.717) is 13.1 Å². The molecule has 0 amide bonds. The van der Waals surface area contributed by atoms with Gasteiger partial charge in [0.25, 0.3) is 0 Å². The lowest BCUT2D eigenvalue weighted by Crippen LogP contribution is -2.30. The van der Waals surface area contributed by atoms with Crippen LogP contribution in [0.3, 0.4) is 0 Å². The number of nitriles is 1. The van der Waals surface area contributed by atoms with Gasteiger partial charge in [0.05, 0.1) is 30.0 Å². The van der Waals surface area contributed by atoms with Gasteiger partial charge in [-0.3, -0.25) is 9.65 Å². The molecule has 8 heteroatoms. The molecule has 1 fully saturated rings. The van der Waals surface area contributed by atoms with Crippen molar-refractivity contribution in [2.24, 2.45) is 0 Å². The Morgan fingerprint density at radius 2 is 2.26 bits per heavy atom. The molecule has 23 heavy (non-hydrogen) atoms. The van der Waals surface area contributed by atoms with Gasteiger partial charge in [-0.1, -0.05) is 18.2 Å². The molecule has 2 aliphatic rings. The van der Waals surface area contributed by atoms with Crippen molar-refractivity contribution in [1.82, 2.24) is 19.8 Å². The van der Waals surface area contributed by atoms with Crippen LogP contribution in [0.15, 0.2) is 24.3 Å². The first-order valence-corrected chi connectivity index (χ1v) is 8.42. The van der Waals surface area contributed by atoms with Gasteiger partial charge < -0.3 is 4.90 Å². The molecule has 0 spiro atoms.